The molecule has 1 rings (SSSR count). The maximum atomic E-state index is 11.6. The molecule has 2 amide bonds. The molecule has 5 nitrogen and oxygen atoms in total. The smallest absolute Gasteiger partial charge is 0.248 e. The third-order valence-electron chi connectivity index (χ3n) is 2.35. The highest BCUT2D eigenvalue weighted by Gasteiger charge is 2.12. The summed E-state index contributed by atoms with van der Waals surface area (Å²) < 4.78 is 0. The van der Waals surface area contributed by atoms with E-state index in [-0.39, 0.29) is 5.91 Å². The molecule has 0 aliphatic rings. The van der Waals surface area contributed by atoms with Crippen LogP contribution in [-0.2, 0) is 4.79 Å². The van der Waals surface area contributed by atoms with E-state index in [1.807, 2.05) is 6.92 Å². The molecule has 0 heterocycles. The van der Waals surface area contributed by atoms with Gasteiger partial charge in [0.05, 0.1) is 6.04 Å². The summed E-state index contributed by atoms with van der Waals surface area (Å²) in [4.78, 5) is 22.6. The van der Waals surface area contributed by atoms with E-state index in [0.29, 0.717) is 17.7 Å². The van der Waals surface area contributed by atoms with Crippen molar-refractivity contribution in [3.05, 3.63) is 29.8 Å². The van der Waals surface area contributed by atoms with E-state index >= 15 is 0 Å². The van der Waals surface area contributed by atoms with Crippen molar-refractivity contribution in [1.82, 2.24) is 0 Å². The van der Waals surface area contributed by atoms with Gasteiger partial charge in [-0.15, -0.1) is 0 Å². The molecule has 1 atom stereocenters. The van der Waals surface area contributed by atoms with E-state index in [2.05, 4.69) is 5.32 Å². The number of anilines is 1. The molecule has 17 heavy (non-hydrogen) atoms. The van der Waals surface area contributed by atoms with Crippen LogP contribution in [0.15, 0.2) is 24.3 Å². The first kappa shape index (κ1) is 13.2. The number of carbonyl (C=O) groups is 2. The molecule has 1 aromatic carbocycles. The molecular weight excluding hydrogens is 218 g/mol. The lowest BCUT2D eigenvalue weighted by atomic mass is 10.1. The summed E-state index contributed by atoms with van der Waals surface area (Å²) in [7, 11) is 0. The topological polar surface area (TPSA) is 98.2 Å². The quantitative estimate of drug-likeness (QED) is 0.705. The van der Waals surface area contributed by atoms with Crippen LogP contribution in [0.2, 0.25) is 0 Å². The highest BCUT2D eigenvalue weighted by molar-refractivity contribution is 5.97. The second kappa shape index (κ2) is 6.00. The Labute approximate surface area is 100 Å². The fourth-order valence-electron chi connectivity index (χ4n) is 1.43. The van der Waals surface area contributed by atoms with Crippen molar-refractivity contribution in [2.75, 3.05) is 5.32 Å². The van der Waals surface area contributed by atoms with E-state index in [4.69, 9.17) is 11.5 Å². The lowest BCUT2D eigenvalue weighted by Gasteiger charge is -2.11. The zero-order chi connectivity index (χ0) is 12.8. The number of hydrogen-bond acceptors (Lipinski definition) is 3. The molecule has 0 saturated carbocycles. The maximum absolute atomic E-state index is 11.6. The molecule has 92 valence electrons. The van der Waals surface area contributed by atoms with E-state index in [9.17, 15) is 9.59 Å². The summed E-state index contributed by atoms with van der Waals surface area (Å²) in [5.41, 5.74) is 11.7. The first-order valence-corrected chi connectivity index (χ1v) is 5.51. The number of amides is 2. The second-order valence-corrected chi connectivity index (χ2v) is 3.83. The Morgan fingerprint density at radius 2 is 2.12 bits per heavy atom. The lowest BCUT2D eigenvalue weighted by molar-refractivity contribution is -0.117. The summed E-state index contributed by atoms with van der Waals surface area (Å²) in [5, 5.41) is 2.65. The van der Waals surface area contributed by atoms with Gasteiger partial charge in [-0.05, 0) is 24.6 Å². The van der Waals surface area contributed by atoms with Gasteiger partial charge in [0.2, 0.25) is 11.8 Å². The Kier molecular flexibility index (Phi) is 4.66. The first-order valence-electron chi connectivity index (χ1n) is 5.51. The first-order chi connectivity index (χ1) is 8.04. The van der Waals surface area contributed by atoms with Gasteiger partial charge in [-0.25, -0.2) is 0 Å². The average Bonchev–Trinajstić information content (AvgIpc) is 2.29. The minimum absolute atomic E-state index is 0.256. The molecular formula is C12H17N3O2. The molecule has 0 aliphatic heterocycles. The van der Waals surface area contributed by atoms with Crippen LogP contribution in [0.1, 0.15) is 30.1 Å². The van der Waals surface area contributed by atoms with Gasteiger partial charge in [0.15, 0.2) is 0 Å². The summed E-state index contributed by atoms with van der Waals surface area (Å²) in [5.74, 6) is -0.785. The van der Waals surface area contributed by atoms with Crippen LogP contribution in [0.4, 0.5) is 5.69 Å². The number of benzene rings is 1. The van der Waals surface area contributed by atoms with E-state index in [1.54, 1.807) is 18.2 Å². The van der Waals surface area contributed by atoms with Gasteiger partial charge in [-0.1, -0.05) is 19.4 Å². The molecule has 0 spiro atoms. The van der Waals surface area contributed by atoms with Crippen LogP contribution in [0.5, 0.6) is 0 Å². The van der Waals surface area contributed by atoms with Crippen molar-refractivity contribution in [2.45, 2.75) is 25.8 Å². The monoisotopic (exact) mass is 235 g/mol. The van der Waals surface area contributed by atoms with Crippen LogP contribution in [0.25, 0.3) is 0 Å². The van der Waals surface area contributed by atoms with Gasteiger partial charge >= 0.3 is 0 Å². The Morgan fingerprint density at radius 1 is 1.41 bits per heavy atom. The zero-order valence-corrected chi connectivity index (χ0v) is 9.77. The standard InChI is InChI=1S/C12H17N3O2/c1-2-4-10(13)12(17)15-9-6-3-5-8(7-9)11(14)16/h3,5-7,10H,2,4,13H2,1H3,(H2,14,16)(H,15,17)/t10-/m1/s1. The molecule has 0 fully saturated rings. The number of carbonyl (C=O) groups excluding carboxylic acids is 2. The molecule has 0 radical (unpaired) electrons. The van der Waals surface area contributed by atoms with E-state index in [0.717, 1.165) is 6.42 Å². The molecule has 0 bridgehead atoms. The predicted octanol–water partition coefficient (Wildman–Crippen LogP) is 0.851. The van der Waals surface area contributed by atoms with E-state index < -0.39 is 11.9 Å². The normalized spacial score (nSPS) is 11.9. The summed E-state index contributed by atoms with van der Waals surface area (Å²) >= 11 is 0. The number of nitrogens with two attached hydrogens (primary N) is 2. The van der Waals surface area contributed by atoms with Crippen molar-refractivity contribution in [2.24, 2.45) is 11.5 Å². The number of nitrogens with one attached hydrogen (secondary N) is 1. The Morgan fingerprint density at radius 3 is 2.71 bits per heavy atom. The Balaban J connectivity index is 2.71. The van der Waals surface area contributed by atoms with Crippen LogP contribution >= 0.6 is 0 Å². The fraction of sp³-hybridized carbons (Fsp3) is 0.333. The molecule has 0 aliphatic carbocycles. The third-order valence-corrected chi connectivity index (χ3v) is 2.35. The summed E-state index contributed by atoms with van der Waals surface area (Å²) in [6.45, 7) is 1.96. The predicted molar refractivity (Wildman–Crippen MR) is 66.5 cm³/mol. The van der Waals surface area contributed by atoms with Crippen molar-refractivity contribution < 1.29 is 9.59 Å². The van der Waals surface area contributed by atoms with Crippen LogP contribution in [0, 0.1) is 0 Å². The van der Waals surface area contributed by atoms with Gasteiger partial charge in [0.25, 0.3) is 0 Å². The fourth-order valence-corrected chi connectivity index (χ4v) is 1.43. The highest BCUT2D eigenvalue weighted by atomic mass is 16.2. The van der Waals surface area contributed by atoms with Crippen molar-refractivity contribution in [3.63, 3.8) is 0 Å². The van der Waals surface area contributed by atoms with Crippen LogP contribution in [0.3, 0.4) is 0 Å². The SMILES string of the molecule is CCC[C@@H](N)C(=O)Nc1cccc(C(N)=O)c1. The molecule has 0 saturated heterocycles. The van der Waals surface area contributed by atoms with Gasteiger partial charge < -0.3 is 16.8 Å². The largest absolute Gasteiger partial charge is 0.366 e. The second-order valence-electron chi connectivity index (χ2n) is 3.83. The zero-order valence-electron chi connectivity index (χ0n) is 9.77. The Bertz CT molecular complexity index is 418. The van der Waals surface area contributed by atoms with E-state index in [1.165, 1.54) is 6.07 Å². The van der Waals surface area contributed by atoms with Gasteiger partial charge in [0, 0.05) is 11.3 Å². The molecule has 1 aromatic rings. The molecule has 5 N–H and O–H groups in total. The van der Waals surface area contributed by atoms with Gasteiger partial charge in [0.1, 0.15) is 0 Å². The van der Waals surface area contributed by atoms with Crippen molar-refractivity contribution in [3.8, 4) is 0 Å². The minimum atomic E-state index is -0.530. The summed E-state index contributed by atoms with van der Waals surface area (Å²) in [6, 6.07) is 5.92. The number of rotatable bonds is 5. The number of hydrogen-bond donors (Lipinski definition) is 3. The molecule has 0 unspecified atom stereocenters. The minimum Gasteiger partial charge on any atom is -0.366 e. The molecule has 0 aromatic heterocycles. The lowest BCUT2D eigenvalue weighted by Crippen LogP contribution is -2.35. The van der Waals surface area contributed by atoms with Crippen LogP contribution in [-0.4, -0.2) is 17.9 Å². The van der Waals surface area contributed by atoms with Crippen molar-refractivity contribution in [1.29, 1.82) is 0 Å². The van der Waals surface area contributed by atoms with Crippen molar-refractivity contribution >= 4 is 17.5 Å². The van der Waals surface area contributed by atoms with Gasteiger partial charge in [-0.3, -0.25) is 9.59 Å². The van der Waals surface area contributed by atoms with Crippen LogP contribution < -0.4 is 16.8 Å². The average molecular weight is 235 g/mol. The third kappa shape index (κ3) is 3.88. The highest BCUT2D eigenvalue weighted by Crippen LogP contribution is 2.10. The molecule has 5 heteroatoms. The maximum Gasteiger partial charge on any atom is 0.248 e. The van der Waals surface area contributed by atoms with Gasteiger partial charge in [-0.2, -0.15) is 0 Å². The Hall–Kier alpha value is -1.88. The number of primary amides is 1. The summed E-state index contributed by atoms with van der Waals surface area (Å²) in [6.07, 6.45) is 1.47.